The molecule has 0 bridgehead atoms. The molecule has 2 aromatic rings. The first-order chi connectivity index (χ1) is 10.2. The molecular weight excluding hydrogens is 328 g/mol. The van der Waals surface area contributed by atoms with Gasteiger partial charge in [0.05, 0.1) is 0 Å². The standard InChI is InChI=1S/C17H21BrN2O/c1-3-9-19-11-14-10-15(18)12-20-17(14)21-16-8-6-5-7-13(16)4-2/h5-8,10,12,19H,3-4,9,11H2,1-2H3. The second-order valence-corrected chi connectivity index (χ2v) is 5.77. The van der Waals surface area contributed by atoms with Gasteiger partial charge in [-0.1, -0.05) is 32.0 Å². The third-order valence-corrected chi connectivity index (χ3v) is 3.63. The predicted octanol–water partition coefficient (Wildman–Crippen LogP) is 4.70. The minimum atomic E-state index is 0.669. The van der Waals surface area contributed by atoms with E-state index in [0.29, 0.717) is 5.88 Å². The maximum Gasteiger partial charge on any atom is 0.223 e. The molecule has 0 spiro atoms. The summed E-state index contributed by atoms with van der Waals surface area (Å²) >= 11 is 3.47. The lowest BCUT2D eigenvalue weighted by atomic mass is 10.1. The highest BCUT2D eigenvalue weighted by Crippen LogP contribution is 2.28. The molecule has 0 radical (unpaired) electrons. The Morgan fingerprint density at radius 1 is 1.19 bits per heavy atom. The number of aryl methyl sites for hydroxylation is 1. The zero-order chi connectivity index (χ0) is 15.1. The molecule has 1 aromatic heterocycles. The molecule has 1 aromatic carbocycles. The molecule has 0 saturated carbocycles. The number of hydrogen-bond acceptors (Lipinski definition) is 3. The van der Waals surface area contributed by atoms with Crippen molar-refractivity contribution >= 4 is 15.9 Å². The van der Waals surface area contributed by atoms with Gasteiger partial charge in [0.15, 0.2) is 0 Å². The summed E-state index contributed by atoms with van der Waals surface area (Å²) < 4.78 is 7.01. The highest BCUT2D eigenvalue weighted by atomic mass is 79.9. The normalized spacial score (nSPS) is 10.6. The van der Waals surface area contributed by atoms with Crippen LogP contribution in [-0.2, 0) is 13.0 Å². The van der Waals surface area contributed by atoms with Gasteiger partial charge in [-0.3, -0.25) is 0 Å². The maximum atomic E-state index is 6.05. The molecule has 0 unspecified atom stereocenters. The smallest absolute Gasteiger partial charge is 0.223 e. The summed E-state index contributed by atoms with van der Waals surface area (Å²) in [5, 5.41) is 3.39. The minimum Gasteiger partial charge on any atom is -0.438 e. The number of rotatable bonds is 7. The predicted molar refractivity (Wildman–Crippen MR) is 89.8 cm³/mol. The van der Waals surface area contributed by atoms with Crippen molar-refractivity contribution in [2.24, 2.45) is 0 Å². The topological polar surface area (TPSA) is 34.2 Å². The van der Waals surface area contributed by atoms with Crippen molar-refractivity contribution in [3.63, 3.8) is 0 Å². The molecular formula is C17H21BrN2O. The Morgan fingerprint density at radius 3 is 2.76 bits per heavy atom. The Bertz CT molecular complexity index is 587. The zero-order valence-corrected chi connectivity index (χ0v) is 14.1. The van der Waals surface area contributed by atoms with Crippen LogP contribution in [0.2, 0.25) is 0 Å². The number of hydrogen-bond donors (Lipinski definition) is 1. The molecule has 112 valence electrons. The van der Waals surface area contributed by atoms with Gasteiger partial charge in [0.25, 0.3) is 0 Å². The average Bonchev–Trinajstić information content (AvgIpc) is 2.50. The first-order valence-corrected chi connectivity index (χ1v) is 8.14. The van der Waals surface area contributed by atoms with Crippen molar-refractivity contribution < 1.29 is 4.74 Å². The molecule has 0 fully saturated rings. The van der Waals surface area contributed by atoms with Crippen LogP contribution in [0.5, 0.6) is 11.6 Å². The fraction of sp³-hybridized carbons (Fsp3) is 0.353. The first-order valence-electron chi connectivity index (χ1n) is 7.35. The number of para-hydroxylation sites is 1. The number of nitrogens with one attached hydrogen (secondary N) is 1. The number of ether oxygens (including phenoxy) is 1. The van der Waals surface area contributed by atoms with Crippen molar-refractivity contribution in [2.45, 2.75) is 33.2 Å². The number of nitrogens with zero attached hydrogens (tertiary/aromatic N) is 1. The van der Waals surface area contributed by atoms with Crippen molar-refractivity contribution in [2.75, 3.05) is 6.54 Å². The molecule has 0 aliphatic heterocycles. The minimum absolute atomic E-state index is 0.669. The van der Waals surface area contributed by atoms with Crippen molar-refractivity contribution in [3.8, 4) is 11.6 Å². The van der Waals surface area contributed by atoms with Gasteiger partial charge in [0.2, 0.25) is 5.88 Å². The van der Waals surface area contributed by atoms with Gasteiger partial charge in [-0.05, 0) is 53.0 Å². The molecule has 0 aliphatic carbocycles. The van der Waals surface area contributed by atoms with Crippen LogP contribution in [0, 0.1) is 0 Å². The monoisotopic (exact) mass is 348 g/mol. The second-order valence-electron chi connectivity index (χ2n) is 4.86. The lowest BCUT2D eigenvalue weighted by molar-refractivity contribution is 0.447. The highest BCUT2D eigenvalue weighted by Gasteiger charge is 2.09. The van der Waals surface area contributed by atoms with Gasteiger partial charge in [-0.15, -0.1) is 0 Å². The lowest BCUT2D eigenvalue weighted by Gasteiger charge is -2.13. The Kier molecular flexibility index (Phi) is 6.21. The molecule has 0 saturated heterocycles. The van der Waals surface area contributed by atoms with E-state index in [-0.39, 0.29) is 0 Å². The molecule has 21 heavy (non-hydrogen) atoms. The largest absolute Gasteiger partial charge is 0.438 e. The second kappa shape index (κ2) is 8.15. The Balaban J connectivity index is 2.22. The van der Waals surface area contributed by atoms with Crippen LogP contribution in [0.15, 0.2) is 41.0 Å². The zero-order valence-electron chi connectivity index (χ0n) is 12.5. The molecule has 0 amide bonds. The van der Waals surface area contributed by atoms with E-state index in [9.17, 15) is 0 Å². The lowest BCUT2D eigenvalue weighted by Crippen LogP contribution is -2.14. The fourth-order valence-corrected chi connectivity index (χ4v) is 2.47. The third kappa shape index (κ3) is 4.55. The van der Waals surface area contributed by atoms with Gasteiger partial charge in [-0.25, -0.2) is 4.98 Å². The summed E-state index contributed by atoms with van der Waals surface area (Å²) in [6, 6.07) is 10.2. The maximum absolute atomic E-state index is 6.05. The van der Waals surface area contributed by atoms with Crippen LogP contribution in [0.1, 0.15) is 31.4 Å². The summed E-state index contributed by atoms with van der Waals surface area (Å²) in [5.74, 6) is 1.55. The SMILES string of the molecule is CCCNCc1cc(Br)cnc1Oc1ccccc1CC. The van der Waals surface area contributed by atoms with E-state index in [2.05, 4.69) is 52.2 Å². The molecule has 1 N–H and O–H groups in total. The molecule has 4 heteroatoms. The summed E-state index contributed by atoms with van der Waals surface area (Å²) in [5.41, 5.74) is 2.25. The van der Waals surface area contributed by atoms with Crippen molar-refractivity contribution in [1.82, 2.24) is 10.3 Å². The van der Waals surface area contributed by atoms with Crippen LogP contribution in [0.3, 0.4) is 0 Å². The van der Waals surface area contributed by atoms with E-state index in [1.165, 1.54) is 5.56 Å². The molecule has 0 atom stereocenters. The van der Waals surface area contributed by atoms with Gasteiger partial charge in [0.1, 0.15) is 5.75 Å². The first kappa shape index (κ1) is 16.0. The van der Waals surface area contributed by atoms with E-state index in [0.717, 1.165) is 41.7 Å². The van der Waals surface area contributed by atoms with Gasteiger partial charge < -0.3 is 10.1 Å². The quantitative estimate of drug-likeness (QED) is 0.736. The van der Waals surface area contributed by atoms with Crippen LogP contribution >= 0.6 is 15.9 Å². The Labute approximate surface area is 134 Å². The number of aromatic nitrogens is 1. The summed E-state index contributed by atoms with van der Waals surface area (Å²) in [7, 11) is 0. The van der Waals surface area contributed by atoms with E-state index >= 15 is 0 Å². The van der Waals surface area contributed by atoms with Gasteiger partial charge in [0, 0.05) is 22.8 Å². The van der Waals surface area contributed by atoms with Gasteiger partial charge >= 0.3 is 0 Å². The number of halogens is 1. The molecule has 3 nitrogen and oxygen atoms in total. The van der Waals surface area contributed by atoms with E-state index in [4.69, 9.17) is 4.74 Å². The van der Waals surface area contributed by atoms with E-state index < -0.39 is 0 Å². The highest BCUT2D eigenvalue weighted by molar-refractivity contribution is 9.10. The van der Waals surface area contributed by atoms with Crippen molar-refractivity contribution in [1.29, 1.82) is 0 Å². The third-order valence-electron chi connectivity index (χ3n) is 3.19. The Morgan fingerprint density at radius 2 is 2.00 bits per heavy atom. The van der Waals surface area contributed by atoms with Crippen LogP contribution in [0.25, 0.3) is 0 Å². The fourth-order valence-electron chi connectivity index (χ4n) is 2.09. The Hall–Kier alpha value is -1.39. The molecule has 1 heterocycles. The summed E-state index contributed by atoms with van der Waals surface area (Å²) in [6.45, 7) is 6.02. The van der Waals surface area contributed by atoms with E-state index in [1.807, 2.05) is 18.2 Å². The van der Waals surface area contributed by atoms with Crippen molar-refractivity contribution in [3.05, 3.63) is 52.1 Å². The molecule has 2 rings (SSSR count). The summed E-state index contributed by atoms with van der Waals surface area (Å²) in [4.78, 5) is 4.42. The van der Waals surface area contributed by atoms with E-state index in [1.54, 1.807) is 6.20 Å². The van der Waals surface area contributed by atoms with Crippen LogP contribution in [-0.4, -0.2) is 11.5 Å². The van der Waals surface area contributed by atoms with Crippen LogP contribution < -0.4 is 10.1 Å². The van der Waals surface area contributed by atoms with Crippen LogP contribution in [0.4, 0.5) is 0 Å². The number of pyridine rings is 1. The average molecular weight is 349 g/mol. The summed E-state index contributed by atoms with van der Waals surface area (Å²) in [6.07, 6.45) is 3.82. The number of benzene rings is 1. The van der Waals surface area contributed by atoms with Gasteiger partial charge in [-0.2, -0.15) is 0 Å². The molecule has 0 aliphatic rings.